The van der Waals surface area contributed by atoms with Gasteiger partial charge in [-0.1, -0.05) is 13.1 Å². The van der Waals surface area contributed by atoms with Gasteiger partial charge in [-0.25, -0.2) is 17.1 Å². The Labute approximate surface area is 108 Å². The van der Waals surface area contributed by atoms with Gasteiger partial charge in [-0.05, 0) is 0 Å². The Bertz CT molecular complexity index is 480. The minimum atomic E-state index is -0.542. The maximum Gasteiger partial charge on any atom is 0.392 e. The Morgan fingerprint density at radius 1 is 0.947 bits per heavy atom. The Morgan fingerprint density at radius 2 is 1.32 bits per heavy atom. The van der Waals surface area contributed by atoms with Crippen LogP contribution in [0.25, 0.3) is 14.5 Å². The summed E-state index contributed by atoms with van der Waals surface area (Å²) in [5.74, 6) is -1.08. The van der Waals surface area contributed by atoms with Crippen molar-refractivity contribution in [3.8, 4) is 18.2 Å². The van der Waals surface area contributed by atoms with Crippen molar-refractivity contribution in [2.24, 2.45) is 10.3 Å². The first-order valence-corrected chi connectivity index (χ1v) is 3.81. The number of hydrogen-bond acceptors (Lipinski definition) is 7. The number of nitrogens with zero attached hydrogens (tertiary/aromatic N) is 8. The largest absolute Gasteiger partial charge is 0.392 e. The van der Waals surface area contributed by atoms with Gasteiger partial charge in [0.05, 0.1) is 10.3 Å². The van der Waals surface area contributed by atoms with E-state index >= 15 is 0 Å². The zero-order valence-corrected chi connectivity index (χ0v) is 9.18. The van der Waals surface area contributed by atoms with Crippen LogP contribution in [0.5, 0.6) is 0 Å². The number of oxime groups is 2. The number of hydrogen-bond donors (Lipinski definition) is 2. The van der Waals surface area contributed by atoms with Crippen molar-refractivity contribution in [3.05, 3.63) is 34.3 Å². The van der Waals surface area contributed by atoms with Gasteiger partial charge in [0, 0.05) is 0 Å². The van der Waals surface area contributed by atoms with E-state index in [4.69, 9.17) is 45.9 Å². The fraction of sp³-hybridized carbons (Fsp3) is 0.111. The maximum atomic E-state index is 7.77. The number of rotatable bonds is 0. The second kappa shape index (κ2) is 19.5. The van der Waals surface area contributed by atoms with Gasteiger partial charge >= 0.3 is 11.7 Å². The lowest BCUT2D eigenvalue weighted by atomic mass is 10.7. The molecule has 0 spiro atoms. The van der Waals surface area contributed by atoms with Crippen molar-refractivity contribution in [2.45, 2.75) is 0 Å². The Morgan fingerprint density at radius 3 is 1.32 bits per heavy atom. The van der Waals surface area contributed by atoms with Crippen LogP contribution in [0, 0.1) is 53.7 Å². The third kappa shape index (κ3) is 20.1. The van der Waals surface area contributed by atoms with Gasteiger partial charge in [0.2, 0.25) is 0 Å². The van der Waals surface area contributed by atoms with Crippen LogP contribution in [0.15, 0.2) is 10.3 Å². The van der Waals surface area contributed by atoms with Crippen LogP contribution in [-0.2, 0) is 0 Å². The normalized spacial score (nSPS) is 7.89. The molecule has 0 radical (unpaired) electrons. The molecule has 0 saturated heterocycles. The van der Waals surface area contributed by atoms with Gasteiger partial charge in [-0.3, -0.25) is 0 Å². The fourth-order valence-corrected chi connectivity index (χ4v) is 0.175. The van der Waals surface area contributed by atoms with E-state index in [9.17, 15) is 0 Å². The van der Waals surface area contributed by atoms with Crippen molar-refractivity contribution in [2.75, 3.05) is 6.54 Å². The molecule has 0 aromatic carbocycles. The molecule has 0 fully saturated rings. The topological polar surface area (TPSA) is 150 Å². The standard InChI is InChI=1S/2C3HN3O.C3H2N2/c2*1-5-3(2-4)6-7;1-5-3-2-4/h2*7H;3H2/b2*6-3-;. The van der Waals surface area contributed by atoms with Crippen molar-refractivity contribution < 1.29 is 10.4 Å². The molecule has 0 aliphatic heterocycles. The van der Waals surface area contributed by atoms with Crippen LogP contribution in [-0.4, -0.2) is 28.6 Å². The van der Waals surface area contributed by atoms with Gasteiger partial charge in [-0.15, -0.1) is 0 Å². The van der Waals surface area contributed by atoms with E-state index in [0.717, 1.165) is 0 Å². The molecule has 0 aromatic heterocycles. The van der Waals surface area contributed by atoms with E-state index in [1.807, 2.05) is 0 Å². The third-order valence-electron chi connectivity index (χ3n) is 0.751. The summed E-state index contributed by atoms with van der Waals surface area (Å²) in [6.07, 6.45) is 0. The first-order valence-electron chi connectivity index (χ1n) is 3.81. The SMILES string of the molecule is [C-]#[N+]/C(C#N)=N\O.[C-]#[N+]/C(C#N)=N\O.[C-]#[N+]CC#N. The Kier molecular flexibility index (Phi) is 20.8. The molecule has 0 aliphatic carbocycles. The molecule has 92 valence electrons. The predicted molar refractivity (Wildman–Crippen MR) is 60.0 cm³/mol. The minimum absolute atomic E-state index is 0.0139. The maximum absolute atomic E-state index is 7.77. The summed E-state index contributed by atoms with van der Waals surface area (Å²) in [6.45, 7) is 18.1. The fourth-order valence-electron chi connectivity index (χ4n) is 0.175. The predicted octanol–water partition coefficient (Wildman–Crippen LogP) is 0.863. The highest BCUT2D eigenvalue weighted by Crippen LogP contribution is 1.71. The van der Waals surface area contributed by atoms with E-state index in [0.29, 0.717) is 0 Å². The molecule has 0 atom stereocenters. The molecule has 19 heavy (non-hydrogen) atoms. The summed E-state index contributed by atoms with van der Waals surface area (Å²) in [5, 5.41) is 43.2. The molecular formula is C9H4N8O2. The van der Waals surface area contributed by atoms with E-state index in [1.165, 1.54) is 12.1 Å². The molecule has 0 aromatic rings. The highest BCUT2D eigenvalue weighted by Gasteiger charge is 1.88. The summed E-state index contributed by atoms with van der Waals surface area (Å²) in [7, 11) is 0. The smallest absolute Gasteiger partial charge is 0.348 e. The molecule has 0 unspecified atom stereocenters. The highest BCUT2D eigenvalue weighted by atomic mass is 16.4. The molecule has 0 bridgehead atoms. The van der Waals surface area contributed by atoms with Crippen LogP contribution in [0.2, 0.25) is 0 Å². The zero-order chi connectivity index (χ0) is 15.5. The van der Waals surface area contributed by atoms with Gasteiger partial charge < -0.3 is 24.9 Å². The van der Waals surface area contributed by atoms with Crippen LogP contribution < -0.4 is 0 Å². The summed E-state index contributed by atoms with van der Waals surface area (Å²) >= 11 is 0. The molecule has 0 rings (SSSR count). The monoisotopic (exact) mass is 256 g/mol. The highest BCUT2D eigenvalue weighted by molar-refractivity contribution is 6.03. The van der Waals surface area contributed by atoms with E-state index in [-0.39, 0.29) is 6.54 Å². The summed E-state index contributed by atoms with van der Waals surface area (Å²) in [6, 6.07) is 4.36. The number of amidine groups is 2. The number of nitriles is 3. The third-order valence-corrected chi connectivity index (χ3v) is 0.751. The zero-order valence-electron chi connectivity index (χ0n) is 9.18. The second-order valence-corrected chi connectivity index (χ2v) is 1.77. The van der Waals surface area contributed by atoms with Gasteiger partial charge in [0.25, 0.3) is 6.54 Å². The average Bonchev–Trinajstić information content (AvgIpc) is 2.45. The first-order chi connectivity index (χ1) is 9.11. The average molecular weight is 256 g/mol. The van der Waals surface area contributed by atoms with Crippen LogP contribution >= 0.6 is 0 Å². The van der Waals surface area contributed by atoms with Crippen molar-refractivity contribution in [1.82, 2.24) is 0 Å². The van der Waals surface area contributed by atoms with Crippen LogP contribution in [0.4, 0.5) is 0 Å². The Hall–Kier alpha value is -4.12. The van der Waals surface area contributed by atoms with Crippen molar-refractivity contribution in [1.29, 1.82) is 15.8 Å². The molecule has 10 nitrogen and oxygen atoms in total. The summed E-state index contributed by atoms with van der Waals surface area (Å²) in [4.78, 5) is 7.77. The van der Waals surface area contributed by atoms with Gasteiger partial charge in [0.1, 0.15) is 18.2 Å². The quantitative estimate of drug-likeness (QED) is 0.164. The molecule has 0 saturated carbocycles. The molecule has 10 heteroatoms. The molecule has 0 aliphatic rings. The lowest BCUT2D eigenvalue weighted by Gasteiger charge is -1.66. The minimum Gasteiger partial charge on any atom is -0.348 e. The van der Waals surface area contributed by atoms with E-state index in [1.54, 1.807) is 6.07 Å². The van der Waals surface area contributed by atoms with E-state index in [2.05, 4.69) is 24.8 Å². The van der Waals surface area contributed by atoms with Gasteiger partial charge in [0.15, 0.2) is 0 Å². The van der Waals surface area contributed by atoms with Crippen molar-refractivity contribution >= 4 is 11.7 Å². The molecule has 2 N–H and O–H groups in total. The second-order valence-electron chi connectivity index (χ2n) is 1.77. The molecule has 0 amide bonds. The van der Waals surface area contributed by atoms with E-state index < -0.39 is 11.7 Å². The molecule has 0 heterocycles. The summed E-state index contributed by atoms with van der Waals surface area (Å²) in [5.41, 5.74) is 0. The van der Waals surface area contributed by atoms with Crippen molar-refractivity contribution in [3.63, 3.8) is 0 Å². The summed E-state index contributed by atoms with van der Waals surface area (Å²) < 4.78 is 0. The lowest BCUT2D eigenvalue weighted by molar-refractivity contribution is 0.320. The van der Waals surface area contributed by atoms with Gasteiger partial charge in [-0.2, -0.15) is 5.26 Å². The first kappa shape index (κ1) is 20.3. The molecular weight excluding hydrogens is 252 g/mol. The Balaban J connectivity index is -0.000000206. The van der Waals surface area contributed by atoms with Crippen LogP contribution in [0.3, 0.4) is 0 Å². The lowest BCUT2D eigenvalue weighted by Crippen LogP contribution is -1.80. The van der Waals surface area contributed by atoms with Crippen LogP contribution in [0.1, 0.15) is 0 Å².